The first-order chi connectivity index (χ1) is 62.6. The standard InChI is InChI=1S/C27H25N3O5.C27H25N3O3.C15H17IN2O3.C13H11NO2.C12H8INO2.C6H5IN2O2/c1-25(2)21-15-26-11-6-12-29(26)24(33)27(21,28-23(26)32)14-19(22(25)31)18-10-9-17(13-20(18)30(34)35)16-7-4-3-5-8-16;1-25(2)21-15-26-11-6-12-29(26)24(32)27(21,28-23(26)31)14-19-18-10-9-17(16-7-4-3-5-8-16)13-20(18)30(33)22(19)25;1-13(2)9-7-14-4-3-5-18(14)12(21)15(9,17-11(14)20)6-8(16)10(13)19;1-10-7-8-12(9-13(10)14(15)16)11-5-3-2-4-6-11;13-11-7-6-10(8-12(11)14(15)16)9-4-2-1-3-5-9;7-4-1-2-5(8)6(3-4)9(10)11/h3-5,7-10,13-14,21H,6,11-12,15H2,1-2H3,(H,28,32);3-5,7-10,13-14,21H,6,11-12,15H2,1-2H3,(H,28,31);6,9H,3-5,7H2,1-2H3,(H,17,20);2-9H,1H3;1-8H;1-3H,8H2/t2*21?,26?,27-;9?,14?,15-;;;/m000.../s1. The maximum atomic E-state index is 13.9. The van der Waals surface area contributed by atoms with E-state index in [-0.39, 0.29) is 108 Å². The van der Waals surface area contributed by atoms with Crippen LogP contribution in [0.4, 0.5) is 34.1 Å². The van der Waals surface area contributed by atoms with Crippen LogP contribution in [-0.2, 0) is 38.4 Å². The zero-order valence-electron chi connectivity index (χ0n) is 72.9. The first-order valence-electron chi connectivity index (χ1n) is 43.4. The molecule has 9 aromatic carbocycles. The fourth-order valence-electron chi connectivity index (χ4n) is 22.6. The topological polar surface area (TPSA) is 407 Å². The van der Waals surface area contributed by atoms with Gasteiger partial charge in [0.15, 0.2) is 11.6 Å². The Morgan fingerprint density at radius 2 is 0.758 bits per heavy atom. The fourth-order valence-corrected chi connectivity index (χ4v) is 24.8. The number of piperazine rings is 3. The second-order valence-electron chi connectivity index (χ2n) is 37.4. The molecule has 12 saturated heterocycles. The van der Waals surface area contributed by atoms with Crippen molar-refractivity contribution in [3.63, 3.8) is 0 Å². The van der Waals surface area contributed by atoms with Gasteiger partial charge in [-0.1, -0.05) is 179 Å². The van der Waals surface area contributed by atoms with Crippen LogP contribution in [0.15, 0.2) is 234 Å². The minimum Gasteiger partial charge on any atom is -0.618 e. The molecule has 3 aliphatic carbocycles. The van der Waals surface area contributed by atoms with Crippen molar-refractivity contribution in [3.05, 3.63) is 304 Å². The van der Waals surface area contributed by atoms with Crippen LogP contribution >= 0.6 is 67.8 Å². The number of carbonyl (C=O) groups is 8. The summed E-state index contributed by atoms with van der Waals surface area (Å²) in [6.07, 6.45) is 11.2. The van der Waals surface area contributed by atoms with E-state index in [4.69, 9.17) is 5.73 Å². The molecular formula is C100H91I3N12O17. The molecule has 6 spiro atoms. The van der Waals surface area contributed by atoms with Gasteiger partial charge in [-0.25, -0.2) is 0 Å². The number of allylic oxidation sites excluding steroid dienone is 3. The maximum absolute atomic E-state index is 13.9. The lowest BCUT2D eigenvalue weighted by atomic mass is 9.51. The lowest BCUT2D eigenvalue weighted by Gasteiger charge is -2.62. The van der Waals surface area contributed by atoms with Crippen molar-refractivity contribution in [2.45, 2.75) is 139 Å². The number of hydrogen-bond acceptors (Lipinski definition) is 18. The van der Waals surface area contributed by atoms with Crippen LogP contribution in [0.3, 0.4) is 0 Å². The van der Waals surface area contributed by atoms with Gasteiger partial charge in [0.2, 0.25) is 29.1 Å². The van der Waals surface area contributed by atoms with Crippen LogP contribution in [0.25, 0.3) is 55.7 Å². The minimum atomic E-state index is -1.39. The van der Waals surface area contributed by atoms with Gasteiger partial charge in [-0.3, -0.25) is 78.8 Å². The molecule has 25 rings (SSSR count). The van der Waals surface area contributed by atoms with Gasteiger partial charge in [0.05, 0.1) is 49.0 Å². The van der Waals surface area contributed by atoms with Gasteiger partial charge in [-0.15, -0.1) is 0 Å². The Morgan fingerprint density at radius 1 is 0.394 bits per heavy atom. The van der Waals surface area contributed by atoms with Gasteiger partial charge < -0.3 is 41.6 Å². The molecule has 674 valence electrons. The molecule has 16 aliphatic rings. The average molecular weight is 2110 g/mol. The Balaban J connectivity index is 0.000000116. The molecular weight excluding hydrogens is 2020 g/mol. The van der Waals surface area contributed by atoms with E-state index in [1.807, 2.05) is 244 Å². The van der Waals surface area contributed by atoms with Gasteiger partial charge in [0, 0.05) is 93.3 Å². The zero-order chi connectivity index (χ0) is 94.2. The van der Waals surface area contributed by atoms with Gasteiger partial charge in [0.1, 0.15) is 38.9 Å². The Morgan fingerprint density at radius 3 is 1.18 bits per heavy atom. The number of nitrogen functional groups attached to an aromatic ring is 1. The molecule has 32 heteroatoms. The van der Waals surface area contributed by atoms with Crippen molar-refractivity contribution >= 4 is 166 Å². The smallest absolute Gasteiger partial charge is 0.293 e. The van der Waals surface area contributed by atoms with E-state index in [0.717, 1.165) is 77.7 Å². The van der Waals surface area contributed by atoms with Crippen LogP contribution in [0, 0.1) is 93.7 Å². The number of rotatable bonds is 9. The summed E-state index contributed by atoms with van der Waals surface area (Å²) in [6.45, 7) is 15.0. The van der Waals surface area contributed by atoms with Crippen LogP contribution < -0.4 is 21.7 Å². The summed E-state index contributed by atoms with van der Waals surface area (Å²) in [4.78, 5) is 154. The van der Waals surface area contributed by atoms with E-state index in [1.165, 1.54) is 24.3 Å². The van der Waals surface area contributed by atoms with E-state index in [1.54, 1.807) is 79.1 Å². The third-order valence-electron chi connectivity index (χ3n) is 29.3. The van der Waals surface area contributed by atoms with Gasteiger partial charge in [-0.05, 0) is 239 Å². The second kappa shape index (κ2) is 33.6. The summed E-state index contributed by atoms with van der Waals surface area (Å²) in [5, 5.41) is 66.9. The number of amides is 6. The molecule has 132 heavy (non-hydrogen) atoms. The number of ketones is 2. The lowest BCUT2D eigenvalue weighted by Crippen LogP contribution is -2.83. The van der Waals surface area contributed by atoms with Crippen LogP contribution in [-0.4, -0.2) is 145 Å². The number of aryl methyl sites for hydroxylation is 1. The van der Waals surface area contributed by atoms with Crippen molar-refractivity contribution < 1.29 is 62.8 Å². The molecule has 6 amide bonds. The number of halogens is 3. The van der Waals surface area contributed by atoms with Gasteiger partial charge in [0.25, 0.3) is 40.5 Å². The molecule has 9 atom stereocenters. The van der Waals surface area contributed by atoms with Crippen LogP contribution in [0.2, 0.25) is 0 Å². The third-order valence-corrected chi connectivity index (χ3v) is 31.7. The van der Waals surface area contributed by atoms with Crippen molar-refractivity contribution in [1.29, 1.82) is 0 Å². The van der Waals surface area contributed by atoms with Crippen LogP contribution in [0.1, 0.15) is 116 Å². The minimum absolute atomic E-state index is 0.0118. The first-order valence-corrected chi connectivity index (χ1v) is 46.6. The number of nitro groups is 4. The number of nitrogens with zero attached hydrogens (tertiary/aromatic N) is 8. The average Bonchev–Trinajstić information content (AvgIpc) is 1.40. The first kappa shape index (κ1) is 91.3. The highest BCUT2D eigenvalue weighted by atomic mass is 127. The number of Topliss-reactive ketones (excluding diaryl/α,β-unsaturated/α-hetero) is 2. The molecule has 29 nitrogen and oxygen atoms in total. The fraction of sp³-hybridized carbons (Fsp3) is 0.310. The molecule has 12 fully saturated rings. The summed E-state index contributed by atoms with van der Waals surface area (Å²) < 4.78 is 3.08. The quantitative estimate of drug-likeness (QED) is 0.0260. The lowest BCUT2D eigenvalue weighted by molar-refractivity contribution is -0.385. The summed E-state index contributed by atoms with van der Waals surface area (Å²) >= 11 is 5.96. The number of piperidine rings is 6. The summed E-state index contributed by atoms with van der Waals surface area (Å²) in [7, 11) is 0. The summed E-state index contributed by atoms with van der Waals surface area (Å²) in [5.74, 6) is -1.44. The van der Waals surface area contributed by atoms with Crippen molar-refractivity contribution in [1.82, 2.24) is 30.7 Å². The zero-order valence-corrected chi connectivity index (χ0v) is 79.4. The van der Waals surface area contributed by atoms with E-state index < -0.39 is 65.2 Å². The predicted molar refractivity (Wildman–Crippen MR) is 521 cm³/mol. The monoisotopic (exact) mass is 2110 g/mol. The summed E-state index contributed by atoms with van der Waals surface area (Å²) in [5.41, 5.74) is 8.66. The number of hydrogen-bond donors (Lipinski definition) is 4. The molecule has 6 unspecified atom stereocenters. The highest BCUT2D eigenvalue weighted by Gasteiger charge is 2.77. The highest BCUT2D eigenvalue weighted by Crippen LogP contribution is 2.63. The Hall–Kier alpha value is -12.6. The SMILES string of the molecule is CC1(C)C(=O)C(I)=C[C@@]23NC(=O)C4(CCCN4C2=O)CC13.CC1(C)C(=O)C(c2ccc(-c3ccccc3)cc2[N+](=O)[O-])=C[C@@]23NC(=O)C4(CCCN4C2=O)CC13.CC1(C)C2=[N+]([O-])c3cc(-c4ccccc4)ccc3C2=C[C@@]23NC(=O)C4(CCCN4C2=O)CC13.Cc1ccc(-c2ccccc2)cc1[N+](=O)[O-].Nc1ccc(I)cc1[N+](=O)[O-].O=[N+]([O-])c1cc(-c2ccccc2)ccc1I. The van der Waals surface area contributed by atoms with E-state index in [0.29, 0.717) is 87.8 Å². The molecule has 6 bridgehead atoms. The molecule has 0 aromatic heterocycles. The Bertz CT molecular complexity index is 6530. The highest BCUT2D eigenvalue weighted by molar-refractivity contribution is 14.1. The van der Waals surface area contributed by atoms with E-state index in [2.05, 4.69) is 29.8 Å². The van der Waals surface area contributed by atoms with Crippen molar-refractivity contribution in [2.75, 3.05) is 25.4 Å². The normalized spacial score (nSPS) is 26.4. The van der Waals surface area contributed by atoms with Crippen molar-refractivity contribution in [3.8, 4) is 44.5 Å². The number of nitro benzene ring substituents is 4. The number of carbonyl (C=O) groups excluding carboxylic acids is 8. The molecule has 13 aliphatic heterocycles. The molecule has 0 radical (unpaired) electrons. The maximum Gasteiger partial charge on any atom is 0.293 e. The van der Waals surface area contributed by atoms with Crippen LogP contribution in [0.5, 0.6) is 0 Å². The number of nitrogens with two attached hydrogens (primary N) is 1. The number of anilines is 1. The number of benzene rings is 9. The predicted octanol–water partition coefficient (Wildman–Crippen LogP) is 17.5. The molecule has 13 heterocycles. The Kier molecular flexibility index (Phi) is 23.2. The van der Waals surface area contributed by atoms with E-state index >= 15 is 0 Å². The number of fused-ring (bicyclic) bond motifs is 6. The van der Waals surface area contributed by atoms with Crippen molar-refractivity contribution in [2.24, 2.45) is 34.0 Å². The largest absolute Gasteiger partial charge is 0.618 e. The second-order valence-corrected chi connectivity index (χ2v) is 41.0. The third kappa shape index (κ3) is 14.6. The molecule has 0 saturated carbocycles. The number of nitrogens with one attached hydrogen (secondary N) is 3. The molecule has 5 N–H and O–H groups in total. The van der Waals surface area contributed by atoms with Gasteiger partial charge >= 0.3 is 0 Å². The Labute approximate surface area is 799 Å². The summed E-state index contributed by atoms with van der Waals surface area (Å²) in [6, 6.07) is 64.5. The van der Waals surface area contributed by atoms with E-state index in [9.17, 15) is 84.0 Å². The molecule has 9 aromatic rings. The van der Waals surface area contributed by atoms with Gasteiger partial charge in [-0.2, -0.15) is 4.74 Å².